The summed E-state index contributed by atoms with van der Waals surface area (Å²) < 4.78 is 0. The van der Waals surface area contributed by atoms with Gasteiger partial charge < -0.3 is 21.3 Å². The molecule has 7 heteroatoms. The largest absolute Gasteiger partial charge is 0.382 e. The van der Waals surface area contributed by atoms with Crippen molar-refractivity contribution in [2.75, 3.05) is 36.8 Å². The number of anilines is 2. The van der Waals surface area contributed by atoms with Crippen LogP contribution in [0, 0.1) is 0 Å². The van der Waals surface area contributed by atoms with E-state index in [0.29, 0.717) is 16.7 Å². The van der Waals surface area contributed by atoms with Gasteiger partial charge in [0.05, 0.1) is 0 Å². The average molecular weight is 295 g/mol. The summed E-state index contributed by atoms with van der Waals surface area (Å²) >= 11 is 1.41. The molecule has 110 valence electrons. The van der Waals surface area contributed by atoms with Gasteiger partial charge in [-0.3, -0.25) is 4.79 Å². The molecule has 1 amide bonds. The normalized spacial score (nSPS) is 20.3. The molecule has 1 saturated heterocycles. The first-order chi connectivity index (χ1) is 9.74. The molecule has 6 nitrogen and oxygen atoms in total. The number of carbonyl (C=O) groups excluding carboxylic acids is 1. The zero-order valence-electron chi connectivity index (χ0n) is 11.5. The summed E-state index contributed by atoms with van der Waals surface area (Å²) in [5, 5.41) is 7.24. The van der Waals surface area contributed by atoms with Gasteiger partial charge in [-0.1, -0.05) is 24.2 Å². The quantitative estimate of drug-likeness (QED) is 0.768. The number of nitrogens with one attached hydrogen (secondary N) is 2. The molecule has 0 bridgehead atoms. The first-order valence-electron chi connectivity index (χ1n) is 7.27. The van der Waals surface area contributed by atoms with Crippen LogP contribution in [0.1, 0.15) is 35.4 Å². The molecule has 1 saturated carbocycles. The van der Waals surface area contributed by atoms with Crippen molar-refractivity contribution in [2.24, 2.45) is 0 Å². The number of nitrogens with zero attached hydrogens (tertiary/aromatic N) is 2. The molecule has 1 aliphatic heterocycles. The molecule has 0 unspecified atom stereocenters. The number of piperazine rings is 1. The summed E-state index contributed by atoms with van der Waals surface area (Å²) in [6, 6.07) is 0.312. The van der Waals surface area contributed by atoms with Crippen molar-refractivity contribution in [3.05, 3.63) is 4.88 Å². The first-order valence-corrected chi connectivity index (χ1v) is 8.08. The van der Waals surface area contributed by atoms with Crippen LogP contribution in [0.3, 0.4) is 0 Å². The van der Waals surface area contributed by atoms with Crippen molar-refractivity contribution in [1.29, 1.82) is 0 Å². The molecule has 2 heterocycles. The smallest absolute Gasteiger partial charge is 0.265 e. The molecule has 1 aromatic rings. The van der Waals surface area contributed by atoms with Gasteiger partial charge in [-0.15, -0.1) is 0 Å². The van der Waals surface area contributed by atoms with Crippen LogP contribution in [0.5, 0.6) is 0 Å². The van der Waals surface area contributed by atoms with Crippen molar-refractivity contribution in [3.8, 4) is 0 Å². The topological polar surface area (TPSA) is 83.3 Å². The SMILES string of the molecule is Nc1nc(N2CCNCC2)sc1C(=O)NC1CCCC1. The number of aromatic nitrogens is 1. The molecule has 0 radical (unpaired) electrons. The van der Waals surface area contributed by atoms with E-state index in [1.165, 1.54) is 24.2 Å². The van der Waals surface area contributed by atoms with Crippen LogP contribution in [0.15, 0.2) is 0 Å². The van der Waals surface area contributed by atoms with Gasteiger partial charge in [0.15, 0.2) is 5.13 Å². The summed E-state index contributed by atoms with van der Waals surface area (Å²) in [4.78, 5) is 19.4. The number of carbonyl (C=O) groups is 1. The van der Waals surface area contributed by atoms with Gasteiger partial charge >= 0.3 is 0 Å². The molecular formula is C13H21N5OS. The summed E-state index contributed by atoms with van der Waals surface area (Å²) in [5.41, 5.74) is 5.92. The fraction of sp³-hybridized carbons (Fsp3) is 0.692. The first kappa shape index (κ1) is 13.6. The number of rotatable bonds is 3. The average Bonchev–Trinajstić information content (AvgIpc) is 3.09. The molecule has 20 heavy (non-hydrogen) atoms. The number of amides is 1. The maximum atomic E-state index is 12.3. The highest BCUT2D eigenvalue weighted by Gasteiger charge is 2.23. The van der Waals surface area contributed by atoms with E-state index >= 15 is 0 Å². The Hall–Kier alpha value is -1.34. The number of nitrogen functional groups attached to an aromatic ring is 1. The summed E-state index contributed by atoms with van der Waals surface area (Å²) in [6.45, 7) is 3.72. The zero-order valence-corrected chi connectivity index (χ0v) is 12.3. The molecule has 0 aromatic carbocycles. The van der Waals surface area contributed by atoms with E-state index in [1.807, 2.05) is 0 Å². The minimum atomic E-state index is -0.0618. The number of hydrogen-bond donors (Lipinski definition) is 3. The number of thiazole rings is 1. The molecule has 2 fully saturated rings. The van der Waals surface area contributed by atoms with E-state index in [0.717, 1.165) is 44.2 Å². The van der Waals surface area contributed by atoms with Crippen LogP contribution in [-0.2, 0) is 0 Å². The van der Waals surface area contributed by atoms with Crippen LogP contribution in [0.2, 0.25) is 0 Å². The second-order valence-electron chi connectivity index (χ2n) is 5.40. The van der Waals surface area contributed by atoms with E-state index in [1.54, 1.807) is 0 Å². The van der Waals surface area contributed by atoms with Crippen LogP contribution in [0.25, 0.3) is 0 Å². The van der Waals surface area contributed by atoms with Crippen molar-refractivity contribution >= 4 is 28.2 Å². The lowest BCUT2D eigenvalue weighted by Gasteiger charge is -2.26. The molecule has 0 spiro atoms. The lowest BCUT2D eigenvalue weighted by atomic mass is 10.2. The molecular weight excluding hydrogens is 274 g/mol. The van der Waals surface area contributed by atoms with Gasteiger partial charge in [-0.2, -0.15) is 0 Å². The highest BCUT2D eigenvalue weighted by molar-refractivity contribution is 7.18. The Kier molecular flexibility index (Phi) is 4.07. The maximum Gasteiger partial charge on any atom is 0.265 e. The van der Waals surface area contributed by atoms with E-state index in [2.05, 4.69) is 20.5 Å². The van der Waals surface area contributed by atoms with Gasteiger partial charge in [0, 0.05) is 32.2 Å². The highest BCUT2D eigenvalue weighted by Crippen LogP contribution is 2.29. The van der Waals surface area contributed by atoms with Gasteiger partial charge in [0.1, 0.15) is 10.7 Å². The standard InChI is InChI=1S/C13H21N5OS/c14-11-10(12(19)16-9-3-1-2-4-9)20-13(17-11)18-7-5-15-6-8-18/h9,15H,1-8,14H2,(H,16,19). The second-order valence-corrected chi connectivity index (χ2v) is 6.38. The van der Waals surface area contributed by atoms with E-state index in [-0.39, 0.29) is 5.91 Å². The Labute approximate surface area is 122 Å². The zero-order chi connectivity index (χ0) is 13.9. The van der Waals surface area contributed by atoms with E-state index in [9.17, 15) is 4.79 Å². The van der Waals surface area contributed by atoms with Crippen molar-refractivity contribution in [1.82, 2.24) is 15.6 Å². The molecule has 4 N–H and O–H groups in total. The van der Waals surface area contributed by atoms with Gasteiger partial charge in [0.25, 0.3) is 5.91 Å². The van der Waals surface area contributed by atoms with Crippen molar-refractivity contribution < 1.29 is 4.79 Å². The van der Waals surface area contributed by atoms with Gasteiger partial charge in [-0.25, -0.2) is 4.98 Å². The van der Waals surface area contributed by atoms with Gasteiger partial charge in [-0.05, 0) is 12.8 Å². The fourth-order valence-corrected chi connectivity index (χ4v) is 3.74. The third kappa shape index (κ3) is 2.88. The van der Waals surface area contributed by atoms with Gasteiger partial charge in [0.2, 0.25) is 0 Å². The van der Waals surface area contributed by atoms with Crippen LogP contribution < -0.4 is 21.3 Å². The lowest BCUT2D eigenvalue weighted by molar-refractivity contribution is 0.0942. The van der Waals surface area contributed by atoms with E-state index in [4.69, 9.17) is 5.73 Å². The molecule has 3 rings (SSSR count). The van der Waals surface area contributed by atoms with Crippen LogP contribution in [0.4, 0.5) is 10.9 Å². The molecule has 2 aliphatic rings. The van der Waals surface area contributed by atoms with E-state index < -0.39 is 0 Å². The molecule has 1 aromatic heterocycles. The molecule has 1 aliphatic carbocycles. The Bertz CT molecular complexity index is 477. The van der Waals surface area contributed by atoms with Crippen molar-refractivity contribution in [2.45, 2.75) is 31.7 Å². The Morgan fingerprint density at radius 3 is 2.75 bits per heavy atom. The minimum absolute atomic E-state index is 0.0618. The Balaban J connectivity index is 1.69. The predicted molar refractivity (Wildman–Crippen MR) is 81.3 cm³/mol. The number of hydrogen-bond acceptors (Lipinski definition) is 6. The third-order valence-corrected chi connectivity index (χ3v) is 5.06. The lowest BCUT2D eigenvalue weighted by Crippen LogP contribution is -2.43. The monoisotopic (exact) mass is 295 g/mol. The second kappa shape index (κ2) is 5.97. The highest BCUT2D eigenvalue weighted by atomic mass is 32.1. The van der Waals surface area contributed by atoms with Crippen molar-refractivity contribution in [3.63, 3.8) is 0 Å². The summed E-state index contributed by atoms with van der Waals surface area (Å²) in [6.07, 6.45) is 4.56. The molecule has 0 atom stereocenters. The Morgan fingerprint density at radius 1 is 1.35 bits per heavy atom. The predicted octanol–water partition coefficient (Wildman–Crippen LogP) is 0.807. The fourth-order valence-electron chi connectivity index (χ4n) is 2.80. The Morgan fingerprint density at radius 2 is 2.05 bits per heavy atom. The third-order valence-electron chi connectivity index (χ3n) is 3.93. The minimum Gasteiger partial charge on any atom is -0.382 e. The van der Waals surface area contributed by atoms with Crippen LogP contribution in [-0.4, -0.2) is 43.1 Å². The number of nitrogens with two attached hydrogens (primary N) is 1. The summed E-state index contributed by atoms with van der Waals surface area (Å²) in [5.74, 6) is 0.298. The maximum absolute atomic E-state index is 12.3. The summed E-state index contributed by atoms with van der Waals surface area (Å²) in [7, 11) is 0. The van der Waals surface area contributed by atoms with Crippen LogP contribution >= 0.6 is 11.3 Å².